The van der Waals surface area contributed by atoms with Crippen LogP contribution in [0.5, 0.6) is 0 Å². The molecule has 2 unspecified atom stereocenters. The van der Waals surface area contributed by atoms with Gasteiger partial charge < -0.3 is 15.7 Å². The van der Waals surface area contributed by atoms with E-state index in [1.165, 1.54) is 5.56 Å². The Bertz CT molecular complexity index is 919. The maximum absolute atomic E-state index is 10.4. The van der Waals surface area contributed by atoms with E-state index in [9.17, 15) is 5.11 Å². The first-order chi connectivity index (χ1) is 14.1. The molecule has 3 N–H and O–H groups in total. The van der Waals surface area contributed by atoms with Crippen LogP contribution >= 0.6 is 0 Å². The van der Waals surface area contributed by atoms with Gasteiger partial charge in [-0.25, -0.2) is 4.68 Å². The van der Waals surface area contributed by atoms with Crippen molar-refractivity contribution in [1.29, 1.82) is 0 Å². The zero-order valence-corrected chi connectivity index (χ0v) is 17.2. The zero-order chi connectivity index (χ0) is 20.6. The van der Waals surface area contributed by atoms with E-state index in [0.717, 1.165) is 23.4 Å². The van der Waals surface area contributed by atoms with Crippen molar-refractivity contribution in [3.8, 4) is 5.69 Å². The molecule has 0 saturated carbocycles. The second-order valence-corrected chi connectivity index (χ2v) is 7.06. The minimum absolute atomic E-state index is 0.0415. The Morgan fingerprint density at radius 2 is 1.93 bits per heavy atom. The first-order valence-electron chi connectivity index (χ1n) is 9.96. The number of aliphatic imine (C=N–C) groups is 1. The molecule has 2 atom stereocenters. The number of hydrogen-bond acceptors (Lipinski definition) is 3. The van der Waals surface area contributed by atoms with Crippen LogP contribution in [0.15, 0.2) is 72.0 Å². The topological polar surface area (TPSA) is 74.5 Å². The van der Waals surface area contributed by atoms with Crippen molar-refractivity contribution in [2.24, 2.45) is 4.99 Å². The highest BCUT2D eigenvalue weighted by molar-refractivity contribution is 5.80. The quantitative estimate of drug-likeness (QED) is 0.425. The highest BCUT2D eigenvalue weighted by atomic mass is 16.3. The number of nitrogens with one attached hydrogen (secondary N) is 2. The molecule has 0 spiro atoms. The van der Waals surface area contributed by atoms with Crippen LogP contribution < -0.4 is 10.6 Å². The Balaban J connectivity index is 1.68. The number of aliphatic hydroxyl groups excluding tert-OH is 1. The molecule has 29 heavy (non-hydrogen) atoms. The van der Waals surface area contributed by atoms with Gasteiger partial charge in [-0.15, -0.1) is 0 Å². The minimum atomic E-state index is -0.635. The smallest absolute Gasteiger partial charge is 0.191 e. The average molecular weight is 392 g/mol. The first kappa shape index (κ1) is 20.6. The molecule has 0 bridgehead atoms. The van der Waals surface area contributed by atoms with E-state index < -0.39 is 6.10 Å². The molecule has 0 aliphatic heterocycles. The molecule has 6 nitrogen and oxygen atoms in total. The van der Waals surface area contributed by atoms with Crippen molar-refractivity contribution in [3.05, 3.63) is 83.7 Å². The predicted octanol–water partition coefficient (Wildman–Crippen LogP) is 3.53. The summed E-state index contributed by atoms with van der Waals surface area (Å²) in [4.78, 5) is 4.58. The maximum Gasteiger partial charge on any atom is 0.191 e. The molecular weight excluding hydrogens is 362 g/mol. The summed E-state index contributed by atoms with van der Waals surface area (Å²) in [5.74, 6) is 0.677. The van der Waals surface area contributed by atoms with Crippen LogP contribution in [-0.4, -0.2) is 33.9 Å². The van der Waals surface area contributed by atoms with Gasteiger partial charge in [-0.05, 0) is 50.1 Å². The van der Waals surface area contributed by atoms with E-state index in [4.69, 9.17) is 0 Å². The molecule has 0 radical (unpaired) electrons. The summed E-state index contributed by atoms with van der Waals surface area (Å²) in [7, 11) is 0. The summed E-state index contributed by atoms with van der Waals surface area (Å²) in [5.41, 5.74) is 4.18. The molecule has 0 fully saturated rings. The number of aliphatic hydroxyl groups is 1. The van der Waals surface area contributed by atoms with Crippen molar-refractivity contribution in [3.63, 3.8) is 0 Å². The molecule has 2 aromatic carbocycles. The van der Waals surface area contributed by atoms with Crippen molar-refractivity contribution in [1.82, 2.24) is 20.4 Å². The Labute approximate surface area is 172 Å². The van der Waals surface area contributed by atoms with E-state index in [1.807, 2.05) is 67.2 Å². The Kier molecular flexibility index (Phi) is 7.03. The Hall–Kier alpha value is -3.12. The van der Waals surface area contributed by atoms with Crippen LogP contribution in [0, 0.1) is 6.92 Å². The third-order valence-corrected chi connectivity index (χ3v) is 4.72. The van der Waals surface area contributed by atoms with Crippen LogP contribution in [0.3, 0.4) is 0 Å². The lowest BCUT2D eigenvalue weighted by Crippen LogP contribution is -2.39. The maximum atomic E-state index is 10.4. The zero-order valence-electron chi connectivity index (χ0n) is 17.2. The molecule has 1 heterocycles. The number of nitrogens with zero attached hydrogens (tertiary/aromatic N) is 3. The van der Waals surface area contributed by atoms with Crippen molar-refractivity contribution in [2.45, 2.75) is 32.9 Å². The highest BCUT2D eigenvalue weighted by Crippen LogP contribution is 2.17. The summed E-state index contributed by atoms with van der Waals surface area (Å²) in [6.45, 7) is 7.18. The second-order valence-electron chi connectivity index (χ2n) is 7.06. The second kappa shape index (κ2) is 9.89. The normalized spacial score (nSPS) is 13.7. The van der Waals surface area contributed by atoms with Crippen LogP contribution in [0.4, 0.5) is 0 Å². The molecule has 3 rings (SSSR count). The van der Waals surface area contributed by atoms with Gasteiger partial charge >= 0.3 is 0 Å². The van der Waals surface area contributed by atoms with Crippen molar-refractivity contribution in [2.75, 3.05) is 13.1 Å². The van der Waals surface area contributed by atoms with Gasteiger partial charge in [0.2, 0.25) is 0 Å². The lowest BCUT2D eigenvalue weighted by molar-refractivity contribution is 0.187. The van der Waals surface area contributed by atoms with Gasteiger partial charge in [-0.3, -0.25) is 4.99 Å². The Morgan fingerprint density at radius 3 is 2.62 bits per heavy atom. The molecular formula is C23H29N5O. The van der Waals surface area contributed by atoms with Crippen LogP contribution in [0.1, 0.15) is 42.7 Å². The summed E-state index contributed by atoms with van der Waals surface area (Å²) in [6, 6.07) is 18.1. The fraction of sp³-hybridized carbons (Fsp3) is 0.304. The predicted molar refractivity (Wildman–Crippen MR) is 117 cm³/mol. The van der Waals surface area contributed by atoms with Crippen molar-refractivity contribution >= 4 is 5.96 Å². The third kappa shape index (κ3) is 5.68. The van der Waals surface area contributed by atoms with Crippen LogP contribution in [0.25, 0.3) is 5.69 Å². The number of guanidine groups is 1. The van der Waals surface area contributed by atoms with Crippen molar-refractivity contribution < 1.29 is 5.11 Å². The molecule has 3 aromatic rings. The number of hydrogen-bond donors (Lipinski definition) is 3. The molecule has 0 aliphatic carbocycles. The van der Waals surface area contributed by atoms with Crippen LogP contribution in [-0.2, 0) is 0 Å². The summed E-state index contributed by atoms with van der Waals surface area (Å²) in [5, 5.41) is 21.4. The van der Waals surface area contributed by atoms with E-state index in [2.05, 4.69) is 39.8 Å². The fourth-order valence-corrected chi connectivity index (χ4v) is 3.04. The molecule has 1 aromatic heterocycles. The molecule has 152 valence electrons. The molecule has 0 amide bonds. The van der Waals surface area contributed by atoms with E-state index >= 15 is 0 Å². The third-order valence-electron chi connectivity index (χ3n) is 4.72. The van der Waals surface area contributed by atoms with E-state index in [-0.39, 0.29) is 6.04 Å². The highest BCUT2D eigenvalue weighted by Gasteiger charge is 2.11. The minimum Gasteiger partial charge on any atom is -0.386 e. The van der Waals surface area contributed by atoms with E-state index in [0.29, 0.717) is 12.5 Å². The standard InChI is InChI=1S/C23H29N5O/c1-4-24-23(25-16-22(29)19-11-9-17(2)10-12-19)27-18(3)20-7-5-8-21(15-20)28-14-6-13-26-28/h5-15,18,22,29H,4,16H2,1-3H3,(H2,24,25,27). The largest absolute Gasteiger partial charge is 0.386 e. The summed E-state index contributed by atoms with van der Waals surface area (Å²) in [6.07, 6.45) is 3.06. The monoisotopic (exact) mass is 391 g/mol. The Morgan fingerprint density at radius 1 is 1.14 bits per heavy atom. The van der Waals surface area contributed by atoms with Gasteiger partial charge in [-0.2, -0.15) is 5.10 Å². The lowest BCUT2D eigenvalue weighted by Gasteiger charge is -2.19. The fourth-order valence-electron chi connectivity index (χ4n) is 3.04. The molecule has 0 saturated heterocycles. The number of rotatable bonds is 7. The van der Waals surface area contributed by atoms with E-state index in [1.54, 1.807) is 6.20 Å². The van der Waals surface area contributed by atoms with Crippen LogP contribution in [0.2, 0.25) is 0 Å². The lowest BCUT2D eigenvalue weighted by atomic mass is 10.1. The average Bonchev–Trinajstić information content (AvgIpc) is 3.27. The summed E-state index contributed by atoms with van der Waals surface area (Å²) < 4.78 is 1.84. The van der Waals surface area contributed by atoms with Gasteiger partial charge in [0.05, 0.1) is 24.4 Å². The number of benzene rings is 2. The SMILES string of the molecule is CCNC(=NCC(O)c1ccc(C)cc1)NC(C)c1cccc(-n2cccn2)c1. The number of aryl methyl sites for hydroxylation is 1. The first-order valence-corrected chi connectivity index (χ1v) is 9.96. The molecule has 6 heteroatoms. The number of aromatic nitrogens is 2. The van der Waals surface area contributed by atoms with Gasteiger partial charge in [-0.1, -0.05) is 42.0 Å². The molecule has 0 aliphatic rings. The van der Waals surface area contributed by atoms with Gasteiger partial charge in [0, 0.05) is 18.9 Å². The van der Waals surface area contributed by atoms with Gasteiger partial charge in [0.15, 0.2) is 5.96 Å². The van der Waals surface area contributed by atoms with Gasteiger partial charge in [0.1, 0.15) is 0 Å². The summed E-state index contributed by atoms with van der Waals surface area (Å²) >= 11 is 0. The van der Waals surface area contributed by atoms with Gasteiger partial charge in [0.25, 0.3) is 0 Å².